The van der Waals surface area contributed by atoms with Crippen molar-refractivity contribution in [2.75, 3.05) is 0 Å². The molecule has 0 spiro atoms. The molecule has 0 fully saturated rings. The van der Waals surface area contributed by atoms with E-state index in [9.17, 15) is 26.3 Å². The van der Waals surface area contributed by atoms with Gasteiger partial charge in [-0.15, -0.1) is 0 Å². The number of halogens is 8. The fourth-order valence-corrected chi connectivity index (χ4v) is 15.8. The van der Waals surface area contributed by atoms with Gasteiger partial charge in [0, 0.05) is 0 Å². The van der Waals surface area contributed by atoms with E-state index in [-0.39, 0.29) is 33.9 Å². The number of hydrogen-bond acceptors (Lipinski definition) is 0. The molecule has 0 unspecified atom stereocenters. The molecule has 9 heteroatoms. The van der Waals surface area contributed by atoms with Crippen molar-refractivity contribution in [3.63, 3.8) is 0 Å². The molecule has 0 aliphatic heterocycles. The number of alkyl halides is 6. The summed E-state index contributed by atoms with van der Waals surface area (Å²) in [5, 5.41) is 0. The molecule has 0 radical (unpaired) electrons. The molecule has 4 aromatic rings. The molecule has 0 amide bonds. The molecule has 0 saturated heterocycles. The van der Waals surface area contributed by atoms with Crippen LogP contribution in [0.2, 0.25) is 0 Å². The Labute approximate surface area is 309 Å². The van der Waals surface area contributed by atoms with Gasteiger partial charge in [0.05, 0.1) is 0 Å². The maximum absolute atomic E-state index is 13.7. The molecule has 2 aliphatic rings. The van der Waals surface area contributed by atoms with Gasteiger partial charge in [-0.25, -0.2) is 0 Å². The van der Waals surface area contributed by atoms with Crippen molar-refractivity contribution < 1.29 is 72.4 Å². The largest absolute Gasteiger partial charge is 1.00 e. The minimum Gasteiger partial charge on any atom is -1.00 e. The van der Waals surface area contributed by atoms with Crippen LogP contribution >= 0.6 is 0 Å². The second-order valence-electron chi connectivity index (χ2n) is 13.3. The van der Waals surface area contributed by atoms with Gasteiger partial charge < -0.3 is 24.8 Å². The summed E-state index contributed by atoms with van der Waals surface area (Å²) in [4.78, 5) is 0. The summed E-state index contributed by atoms with van der Waals surface area (Å²) in [6, 6.07) is 22.8. The van der Waals surface area contributed by atoms with Crippen LogP contribution in [0.15, 0.2) is 119 Å². The molecule has 4 aromatic carbocycles. The molecule has 0 aromatic heterocycles. The van der Waals surface area contributed by atoms with E-state index in [1.807, 2.05) is 12.1 Å². The molecule has 0 heterocycles. The molecule has 0 saturated carbocycles. The third kappa shape index (κ3) is 7.66. The Morgan fingerprint density at radius 1 is 0.660 bits per heavy atom. The molecular formula is C41H34Cl2F6Zr. The van der Waals surface area contributed by atoms with Crippen molar-refractivity contribution in [1.82, 2.24) is 0 Å². The van der Waals surface area contributed by atoms with Crippen LogP contribution in [0, 0.1) is 5.41 Å². The number of benzene rings is 4. The van der Waals surface area contributed by atoms with Crippen LogP contribution in [-0.4, -0.2) is 3.21 Å². The summed E-state index contributed by atoms with van der Waals surface area (Å²) < 4.78 is 84.4. The van der Waals surface area contributed by atoms with E-state index in [1.165, 1.54) is 33.1 Å². The van der Waals surface area contributed by atoms with Crippen molar-refractivity contribution in [2.45, 2.75) is 43.2 Å². The van der Waals surface area contributed by atoms with Gasteiger partial charge in [-0.1, -0.05) is 0 Å². The molecule has 258 valence electrons. The maximum atomic E-state index is 13.7. The van der Waals surface area contributed by atoms with E-state index >= 15 is 0 Å². The summed E-state index contributed by atoms with van der Waals surface area (Å²) in [5.74, 6) is 0. The van der Waals surface area contributed by atoms with Gasteiger partial charge in [0.1, 0.15) is 0 Å². The number of hydrogen-bond donors (Lipinski definition) is 0. The van der Waals surface area contributed by atoms with Gasteiger partial charge in [0.2, 0.25) is 0 Å². The van der Waals surface area contributed by atoms with E-state index in [4.69, 9.17) is 0 Å². The van der Waals surface area contributed by atoms with Crippen molar-refractivity contribution in [3.8, 4) is 11.1 Å². The van der Waals surface area contributed by atoms with Crippen molar-refractivity contribution in [1.29, 1.82) is 0 Å². The molecular weight excluding hydrogens is 769 g/mol. The summed E-state index contributed by atoms with van der Waals surface area (Å²) in [6.07, 6.45) is -0.284. The van der Waals surface area contributed by atoms with Gasteiger partial charge >= 0.3 is 286 Å². The predicted molar refractivity (Wildman–Crippen MR) is 180 cm³/mol. The van der Waals surface area contributed by atoms with Crippen LogP contribution in [0.25, 0.3) is 23.3 Å². The van der Waals surface area contributed by atoms with Crippen LogP contribution in [0.3, 0.4) is 0 Å². The number of fused-ring (bicyclic) bond motifs is 3. The average Bonchev–Trinajstić information content (AvgIpc) is 3.66. The van der Waals surface area contributed by atoms with E-state index in [0.717, 1.165) is 60.9 Å². The maximum Gasteiger partial charge on any atom is -1.00 e. The Bertz CT molecular complexity index is 1910. The minimum absolute atomic E-state index is 0. The van der Waals surface area contributed by atoms with Crippen LogP contribution < -0.4 is 24.8 Å². The van der Waals surface area contributed by atoms with Gasteiger partial charge in [0.15, 0.2) is 0 Å². The summed E-state index contributed by atoms with van der Waals surface area (Å²) in [7, 11) is 0. The third-order valence-electron chi connectivity index (χ3n) is 9.18. The average molecular weight is 803 g/mol. The fraction of sp³-hybridized carbons (Fsp3) is 0.195. The normalized spacial score (nSPS) is 13.8. The van der Waals surface area contributed by atoms with Gasteiger partial charge in [0.25, 0.3) is 0 Å². The Hall–Kier alpha value is -3.25. The summed E-state index contributed by atoms with van der Waals surface area (Å²) >= 11 is -3.42. The zero-order valence-corrected chi connectivity index (χ0v) is 31.6. The van der Waals surface area contributed by atoms with Crippen LogP contribution in [0.4, 0.5) is 26.3 Å². The first-order valence-electron chi connectivity index (χ1n) is 15.6. The Morgan fingerprint density at radius 3 is 1.42 bits per heavy atom. The van der Waals surface area contributed by atoms with E-state index in [0.29, 0.717) is 17.5 Å². The van der Waals surface area contributed by atoms with Crippen molar-refractivity contribution in [2.24, 2.45) is 5.41 Å². The first kappa shape index (κ1) is 39.5. The second kappa shape index (κ2) is 14.8. The van der Waals surface area contributed by atoms with Crippen LogP contribution in [0.5, 0.6) is 0 Å². The number of rotatable bonds is 6. The molecule has 0 bridgehead atoms. The zero-order chi connectivity index (χ0) is 34.6. The number of allylic oxidation sites excluding steroid dienone is 4. The topological polar surface area (TPSA) is 0 Å². The summed E-state index contributed by atoms with van der Waals surface area (Å²) in [6.45, 7) is 14.4. The first-order chi connectivity index (χ1) is 22.6. The SMILES string of the molecule is C=Cc1ccc2c(c1)-c1cc(C=C)ccc1[CH]2[Zr+2]([C]1=CC(C(C)(C)C)=CC1)=[C](c1ccc(C(F)(F)F)cc1)c1ccc(C(F)(F)F)cc1.[Cl-].[Cl-]. The third-order valence-corrected chi connectivity index (χ3v) is 17.4. The van der Waals surface area contributed by atoms with E-state index in [1.54, 1.807) is 12.2 Å². The molecule has 0 nitrogen and oxygen atoms in total. The quantitative estimate of drug-likeness (QED) is 0.203. The van der Waals surface area contributed by atoms with Gasteiger partial charge in [-0.2, -0.15) is 0 Å². The van der Waals surface area contributed by atoms with Crippen molar-refractivity contribution >= 4 is 15.4 Å². The summed E-state index contributed by atoms with van der Waals surface area (Å²) in [5.41, 5.74) is 6.98. The Kier molecular flexibility index (Phi) is 11.7. The van der Waals surface area contributed by atoms with E-state index in [2.05, 4.69) is 70.3 Å². The van der Waals surface area contributed by atoms with Crippen LogP contribution in [0.1, 0.15) is 75.3 Å². The minimum atomic E-state index is -4.52. The van der Waals surface area contributed by atoms with E-state index < -0.39 is 44.7 Å². The molecule has 6 rings (SSSR count). The first-order valence-corrected chi connectivity index (χ1v) is 19.5. The zero-order valence-electron chi connectivity index (χ0n) is 27.6. The fourth-order valence-electron chi connectivity index (χ4n) is 6.71. The monoisotopic (exact) mass is 800 g/mol. The predicted octanol–water partition coefficient (Wildman–Crippen LogP) is 6.24. The molecule has 0 N–H and O–H groups in total. The second-order valence-corrected chi connectivity index (χ2v) is 19.5. The Balaban J connectivity index is 0.00000281. The molecule has 0 atom stereocenters. The molecule has 50 heavy (non-hydrogen) atoms. The standard InChI is InChI=1S/C17H13.C15H8F6.C9H13.2ClH.Zr/c1-3-12-5-7-14-11-15-8-6-13(4-2)10-17(15)16(14)9-12;16-14(17,18)12-5-1-10(2-6-12)9-11-3-7-13(8-4-11)15(19,20)21;1-9(2,3)8-6-4-5-7-8;;;/h3-11H,1-2H2;1-8H;6-7H,4H2,1-3H3;2*1H;/q;;;;;+2/p-2. The van der Waals surface area contributed by atoms with Gasteiger partial charge in [-0.3, -0.25) is 0 Å². The van der Waals surface area contributed by atoms with Gasteiger partial charge in [-0.05, 0) is 0 Å². The van der Waals surface area contributed by atoms with Crippen LogP contribution in [-0.2, 0) is 33.6 Å². The Morgan fingerprint density at radius 2 is 1.08 bits per heavy atom. The van der Waals surface area contributed by atoms with Crippen molar-refractivity contribution in [3.05, 3.63) is 164 Å². The molecule has 2 aliphatic carbocycles. The smallest absolute Gasteiger partial charge is 1.00 e.